The molecule has 0 aliphatic rings. The molecular weight excluding hydrogens is 186 g/mol. The molecule has 0 amide bonds. The van der Waals surface area contributed by atoms with E-state index >= 15 is 0 Å². The molecule has 0 atom stereocenters. The molecule has 0 aliphatic heterocycles. The first kappa shape index (κ1) is 11.5. The summed E-state index contributed by atoms with van der Waals surface area (Å²) in [5.74, 6) is 0.493. The van der Waals surface area contributed by atoms with Crippen molar-refractivity contribution in [3.05, 3.63) is 48.0 Å². The van der Waals surface area contributed by atoms with Crippen molar-refractivity contribution in [2.45, 2.75) is 19.8 Å². The van der Waals surface area contributed by atoms with Crippen molar-refractivity contribution < 1.29 is 4.84 Å². The summed E-state index contributed by atoms with van der Waals surface area (Å²) in [6, 6.07) is 8.19. The standard InChI is InChI=1S/C13H17NO/c1-4-9-15-14-10-12-7-5-6-8-13(12)11(2)3/h4-8,10-11H,1,9H2,2-3H3/b14-10+. The van der Waals surface area contributed by atoms with Crippen LogP contribution in [0.25, 0.3) is 0 Å². The van der Waals surface area contributed by atoms with E-state index in [4.69, 9.17) is 4.84 Å². The SMILES string of the molecule is C=CCO/N=C/c1ccccc1C(C)C. The monoisotopic (exact) mass is 203 g/mol. The van der Waals surface area contributed by atoms with Crippen LogP contribution in [0.4, 0.5) is 0 Å². The van der Waals surface area contributed by atoms with Crippen LogP contribution in [0, 0.1) is 0 Å². The lowest BCUT2D eigenvalue weighted by molar-refractivity contribution is 0.176. The first-order valence-electron chi connectivity index (χ1n) is 5.11. The minimum absolute atomic E-state index is 0.445. The van der Waals surface area contributed by atoms with Crippen molar-refractivity contribution in [1.82, 2.24) is 0 Å². The summed E-state index contributed by atoms with van der Waals surface area (Å²) in [4.78, 5) is 4.97. The third-order valence-corrected chi connectivity index (χ3v) is 2.08. The van der Waals surface area contributed by atoms with Crippen LogP contribution < -0.4 is 0 Å². The van der Waals surface area contributed by atoms with E-state index in [9.17, 15) is 0 Å². The van der Waals surface area contributed by atoms with Crippen LogP contribution in [0.3, 0.4) is 0 Å². The third-order valence-electron chi connectivity index (χ3n) is 2.08. The van der Waals surface area contributed by atoms with Gasteiger partial charge in [0.25, 0.3) is 0 Å². The zero-order valence-electron chi connectivity index (χ0n) is 9.31. The summed E-state index contributed by atoms with van der Waals surface area (Å²) < 4.78 is 0. The highest BCUT2D eigenvalue weighted by atomic mass is 16.6. The Morgan fingerprint density at radius 2 is 2.13 bits per heavy atom. The zero-order valence-corrected chi connectivity index (χ0v) is 9.31. The summed E-state index contributed by atoms with van der Waals surface area (Å²) in [6.07, 6.45) is 3.42. The molecule has 2 nitrogen and oxygen atoms in total. The fourth-order valence-corrected chi connectivity index (χ4v) is 1.34. The van der Waals surface area contributed by atoms with Gasteiger partial charge in [-0.1, -0.05) is 55.9 Å². The van der Waals surface area contributed by atoms with Gasteiger partial charge < -0.3 is 4.84 Å². The quantitative estimate of drug-likeness (QED) is 0.311. The molecule has 0 unspecified atom stereocenters. The Labute approximate surface area is 91.3 Å². The highest BCUT2D eigenvalue weighted by Crippen LogP contribution is 2.17. The Balaban J connectivity index is 2.75. The first-order chi connectivity index (χ1) is 7.25. The van der Waals surface area contributed by atoms with Crippen LogP contribution in [0.5, 0.6) is 0 Å². The molecule has 80 valence electrons. The summed E-state index contributed by atoms with van der Waals surface area (Å²) >= 11 is 0. The molecule has 2 heteroatoms. The Hall–Kier alpha value is -1.57. The molecule has 0 saturated carbocycles. The van der Waals surface area contributed by atoms with E-state index in [1.54, 1.807) is 12.3 Å². The molecule has 0 saturated heterocycles. The van der Waals surface area contributed by atoms with Crippen molar-refractivity contribution >= 4 is 6.21 Å². The predicted octanol–water partition coefficient (Wildman–Crippen LogP) is 3.35. The van der Waals surface area contributed by atoms with Crippen LogP contribution >= 0.6 is 0 Å². The minimum atomic E-state index is 0.445. The predicted molar refractivity (Wildman–Crippen MR) is 64.3 cm³/mol. The molecule has 0 fully saturated rings. The number of rotatable bonds is 5. The van der Waals surface area contributed by atoms with E-state index in [0.29, 0.717) is 12.5 Å². The molecule has 1 rings (SSSR count). The van der Waals surface area contributed by atoms with Crippen LogP contribution in [0.15, 0.2) is 42.1 Å². The van der Waals surface area contributed by atoms with E-state index in [1.807, 2.05) is 18.2 Å². The van der Waals surface area contributed by atoms with Gasteiger partial charge in [-0.2, -0.15) is 0 Å². The van der Waals surface area contributed by atoms with Gasteiger partial charge in [0.1, 0.15) is 6.61 Å². The number of benzene rings is 1. The third kappa shape index (κ3) is 3.58. The molecule has 0 aromatic heterocycles. The van der Waals surface area contributed by atoms with Gasteiger partial charge in [0.15, 0.2) is 0 Å². The lowest BCUT2D eigenvalue weighted by atomic mass is 9.98. The highest BCUT2D eigenvalue weighted by Gasteiger charge is 2.02. The Kier molecular flexibility index (Phi) is 4.61. The van der Waals surface area contributed by atoms with E-state index in [0.717, 1.165) is 5.56 Å². The van der Waals surface area contributed by atoms with Gasteiger partial charge in [-0.25, -0.2) is 0 Å². The van der Waals surface area contributed by atoms with Crippen molar-refractivity contribution in [2.24, 2.45) is 5.16 Å². The summed E-state index contributed by atoms with van der Waals surface area (Å²) in [7, 11) is 0. The first-order valence-corrected chi connectivity index (χ1v) is 5.11. The van der Waals surface area contributed by atoms with E-state index in [1.165, 1.54) is 5.56 Å². The molecule has 1 aromatic carbocycles. The summed E-state index contributed by atoms with van der Waals surface area (Å²) in [5, 5.41) is 3.88. The van der Waals surface area contributed by atoms with Crippen LogP contribution in [0.2, 0.25) is 0 Å². The molecule has 0 spiro atoms. The largest absolute Gasteiger partial charge is 0.392 e. The van der Waals surface area contributed by atoms with Crippen LogP contribution in [-0.2, 0) is 4.84 Å². The molecule has 0 aliphatic carbocycles. The number of hydrogen-bond donors (Lipinski definition) is 0. The normalized spacial score (nSPS) is 10.9. The second-order valence-electron chi connectivity index (χ2n) is 3.60. The minimum Gasteiger partial charge on any atom is -0.392 e. The summed E-state index contributed by atoms with van der Waals surface area (Å²) in [5.41, 5.74) is 2.39. The van der Waals surface area contributed by atoms with Gasteiger partial charge in [0, 0.05) is 0 Å². The zero-order chi connectivity index (χ0) is 11.1. The molecule has 0 heterocycles. The van der Waals surface area contributed by atoms with Gasteiger partial charge in [0.05, 0.1) is 6.21 Å². The molecule has 1 aromatic rings. The lowest BCUT2D eigenvalue weighted by Gasteiger charge is -2.08. The van der Waals surface area contributed by atoms with E-state index in [2.05, 4.69) is 31.6 Å². The fourth-order valence-electron chi connectivity index (χ4n) is 1.34. The van der Waals surface area contributed by atoms with Gasteiger partial charge >= 0.3 is 0 Å². The molecule has 0 N–H and O–H groups in total. The van der Waals surface area contributed by atoms with E-state index in [-0.39, 0.29) is 0 Å². The maximum Gasteiger partial charge on any atom is 0.135 e. The average Bonchev–Trinajstić information content (AvgIpc) is 2.25. The van der Waals surface area contributed by atoms with Crippen LogP contribution in [-0.4, -0.2) is 12.8 Å². The fraction of sp³-hybridized carbons (Fsp3) is 0.308. The number of hydrogen-bond acceptors (Lipinski definition) is 2. The topological polar surface area (TPSA) is 21.6 Å². The lowest BCUT2D eigenvalue weighted by Crippen LogP contribution is -1.95. The van der Waals surface area contributed by atoms with Crippen molar-refractivity contribution in [1.29, 1.82) is 0 Å². The van der Waals surface area contributed by atoms with Gasteiger partial charge in [-0.05, 0) is 17.0 Å². The van der Waals surface area contributed by atoms with Gasteiger partial charge in [0.2, 0.25) is 0 Å². The number of nitrogens with zero attached hydrogens (tertiary/aromatic N) is 1. The second-order valence-corrected chi connectivity index (χ2v) is 3.60. The Morgan fingerprint density at radius 1 is 1.40 bits per heavy atom. The maximum absolute atomic E-state index is 4.97. The van der Waals surface area contributed by atoms with Crippen molar-refractivity contribution in [3.8, 4) is 0 Å². The molecular formula is C13H17NO. The highest BCUT2D eigenvalue weighted by molar-refractivity contribution is 5.81. The smallest absolute Gasteiger partial charge is 0.135 e. The summed E-state index contributed by atoms with van der Waals surface area (Å²) in [6.45, 7) is 8.32. The van der Waals surface area contributed by atoms with Crippen molar-refractivity contribution in [2.75, 3.05) is 6.61 Å². The maximum atomic E-state index is 4.97. The second kappa shape index (κ2) is 6.02. The molecule has 0 bridgehead atoms. The van der Waals surface area contributed by atoms with E-state index < -0.39 is 0 Å². The molecule has 15 heavy (non-hydrogen) atoms. The average molecular weight is 203 g/mol. The van der Waals surface area contributed by atoms with Crippen molar-refractivity contribution in [3.63, 3.8) is 0 Å². The molecule has 0 radical (unpaired) electrons. The van der Waals surface area contributed by atoms with Gasteiger partial charge in [-0.15, -0.1) is 0 Å². The Bertz CT molecular complexity index is 342. The van der Waals surface area contributed by atoms with Gasteiger partial charge in [-0.3, -0.25) is 0 Å². The number of oxime groups is 1. The Morgan fingerprint density at radius 3 is 2.80 bits per heavy atom. The van der Waals surface area contributed by atoms with Crippen LogP contribution in [0.1, 0.15) is 30.9 Å².